The molecule has 0 unspecified atom stereocenters. The monoisotopic (exact) mass is 263 g/mol. The molecule has 2 nitrogen and oxygen atoms in total. The minimum atomic E-state index is 0.251. The van der Waals surface area contributed by atoms with Crippen LogP contribution >= 0.6 is 12.2 Å². The molecule has 18 heavy (non-hydrogen) atoms. The molecule has 1 aliphatic rings. The van der Waals surface area contributed by atoms with Crippen molar-refractivity contribution in [3.8, 4) is 0 Å². The lowest BCUT2D eigenvalue weighted by Crippen LogP contribution is -2.47. The highest BCUT2D eigenvalue weighted by atomic mass is 32.1. The molecule has 0 saturated carbocycles. The highest BCUT2D eigenvalue weighted by Gasteiger charge is 2.24. The molecule has 0 spiro atoms. The second-order valence-electron chi connectivity index (χ2n) is 5.02. The van der Waals surface area contributed by atoms with Gasteiger partial charge in [0.2, 0.25) is 0 Å². The van der Waals surface area contributed by atoms with E-state index in [-0.39, 0.29) is 12.2 Å². The standard InChI is InChI=1S/C15H21NOS/c1-4-13-5-7-14(8-6-13)15(18)16-9-11(2)17-12(3)10-16/h5-8,11-12H,4,9-10H2,1-3H3/t11-,12-/m1/s1. The van der Waals surface area contributed by atoms with Crippen LogP contribution in [0.5, 0.6) is 0 Å². The molecule has 0 aromatic heterocycles. The average molecular weight is 263 g/mol. The Bertz CT molecular complexity index is 405. The predicted molar refractivity (Wildman–Crippen MR) is 79.1 cm³/mol. The van der Waals surface area contributed by atoms with Gasteiger partial charge in [0.15, 0.2) is 0 Å². The zero-order valence-electron chi connectivity index (χ0n) is 11.3. The van der Waals surface area contributed by atoms with Gasteiger partial charge >= 0.3 is 0 Å². The smallest absolute Gasteiger partial charge is 0.109 e. The van der Waals surface area contributed by atoms with Crippen molar-refractivity contribution in [2.75, 3.05) is 13.1 Å². The van der Waals surface area contributed by atoms with Gasteiger partial charge in [-0.3, -0.25) is 0 Å². The molecule has 1 aliphatic heterocycles. The number of rotatable bonds is 2. The maximum atomic E-state index is 5.74. The molecule has 3 heteroatoms. The van der Waals surface area contributed by atoms with E-state index in [0.29, 0.717) is 0 Å². The van der Waals surface area contributed by atoms with Gasteiger partial charge in [-0.1, -0.05) is 43.4 Å². The summed E-state index contributed by atoms with van der Waals surface area (Å²) < 4.78 is 5.74. The fraction of sp³-hybridized carbons (Fsp3) is 0.533. The Hall–Kier alpha value is -0.930. The van der Waals surface area contributed by atoms with Crippen molar-refractivity contribution in [1.29, 1.82) is 0 Å². The first-order chi connectivity index (χ1) is 8.60. The predicted octanol–water partition coefficient (Wildman–Crippen LogP) is 3.03. The summed E-state index contributed by atoms with van der Waals surface area (Å²) in [5.41, 5.74) is 2.49. The fourth-order valence-electron chi connectivity index (χ4n) is 2.41. The summed E-state index contributed by atoms with van der Waals surface area (Å²) in [6.45, 7) is 8.15. The van der Waals surface area contributed by atoms with Crippen LogP contribution < -0.4 is 0 Å². The Morgan fingerprint density at radius 2 is 1.78 bits per heavy atom. The summed E-state index contributed by atoms with van der Waals surface area (Å²) in [5.74, 6) is 0. The number of hydrogen-bond acceptors (Lipinski definition) is 2. The van der Waals surface area contributed by atoms with E-state index in [1.165, 1.54) is 5.56 Å². The van der Waals surface area contributed by atoms with Crippen LogP contribution in [0.25, 0.3) is 0 Å². The summed E-state index contributed by atoms with van der Waals surface area (Å²) in [5, 5.41) is 0. The maximum Gasteiger partial charge on any atom is 0.109 e. The topological polar surface area (TPSA) is 12.5 Å². The number of ether oxygens (including phenoxy) is 1. The molecule has 0 N–H and O–H groups in total. The van der Waals surface area contributed by atoms with E-state index in [0.717, 1.165) is 30.1 Å². The van der Waals surface area contributed by atoms with Gasteiger partial charge in [-0.25, -0.2) is 0 Å². The molecule has 1 aromatic carbocycles. The summed E-state index contributed by atoms with van der Waals surface area (Å²) in [6.07, 6.45) is 1.57. The van der Waals surface area contributed by atoms with Crippen molar-refractivity contribution >= 4 is 17.2 Å². The molecule has 2 rings (SSSR count). The lowest BCUT2D eigenvalue weighted by atomic mass is 10.1. The lowest BCUT2D eigenvalue weighted by molar-refractivity contribution is -0.0472. The van der Waals surface area contributed by atoms with E-state index >= 15 is 0 Å². The Balaban J connectivity index is 2.09. The quantitative estimate of drug-likeness (QED) is 0.761. The van der Waals surface area contributed by atoms with E-state index in [1.807, 2.05) is 0 Å². The molecular formula is C15H21NOS. The molecule has 0 amide bonds. The highest BCUT2D eigenvalue weighted by molar-refractivity contribution is 7.80. The molecule has 1 heterocycles. The van der Waals surface area contributed by atoms with Crippen LogP contribution in [0.1, 0.15) is 31.9 Å². The van der Waals surface area contributed by atoms with Gasteiger partial charge < -0.3 is 9.64 Å². The van der Waals surface area contributed by atoms with Gasteiger partial charge in [0.25, 0.3) is 0 Å². The first kappa shape index (κ1) is 13.5. The van der Waals surface area contributed by atoms with E-state index in [4.69, 9.17) is 17.0 Å². The number of thiocarbonyl (C=S) groups is 1. The molecule has 0 bridgehead atoms. The summed E-state index contributed by atoms with van der Waals surface area (Å²) >= 11 is 5.60. The second kappa shape index (κ2) is 5.81. The number of benzene rings is 1. The molecule has 1 saturated heterocycles. The van der Waals surface area contributed by atoms with Crippen LogP contribution in [0.4, 0.5) is 0 Å². The Morgan fingerprint density at radius 3 is 2.28 bits per heavy atom. The van der Waals surface area contributed by atoms with Crippen LogP contribution in [0.15, 0.2) is 24.3 Å². The Kier molecular flexibility index (Phi) is 4.36. The third-order valence-corrected chi connectivity index (χ3v) is 3.81. The molecule has 98 valence electrons. The Morgan fingerprint density at radius 1 is 1.22 bits per heavy atom. The molecule has 1 fully saturated rings. The van der Waals surface area contributed by atoms with Crippen molar-refractivity contribution in [3.05, 3.63) is 35.4 Å². The van der Waals surface area contributed by atoms with Crippen molar-refractivity contribution in [2.45, 2.75) is 39.4 Å². The molecule has 0 radical (unpaired) electrons. The van der Waals surface area contributed by atoms with Crippen molar-refractivity contribution in [1.82, 2.24) is 4.90 Å². The van der Waals surface area contributed by atoms with E-state index in [9.17, 15) is 0 Å². The lowest BCUT2D eigenvalue weighted by Gasteiger charge is -2.37. The summed E-state index contributed by atoms with van der Waals surface area (Å²) in [6, 6.07) is 8.59. The van der Waals surface area contributed by atoms with Gasteiger partial charge in [0.05, 0.1) is 12.2 Å². The highest BCUT2D eigenvalue weighted by Crippen LogP contribution is 2.16. The number of morpholine rings is 1. The largest absolute Gasteiger partial charge is 0.372 e. The number of hydrogen-bond donors (Lipinski definition) is 0. The zero-order valence-corrected chi connectivity index (χ0v) is 12.2. The average Bonchev–Trinajstić information content (AvgIpc) is 2.37. The van der Waals surface area contributed by atoms with Gasteiger partial charge in [0.1, 0.15) is 4.99 Å². The molecule has 2 atom stereocenters. The summed E-state index contributed by atoms with van der Waals surface area (Å²) in [4.78, 5) is 3.20. The molecular weight excluding hydrogens is 242 g/mol. The second-order valence-corrected chi connectivity index (χ2v) is 5.40. The van der Waals surface area contributed by atoms with Crippen LogP contribution in [0.3, 0.4) is 0 Å². The summed E-state index contributed by atoms with van der Waals surface area (Å²) in [7, 11) is 0. The third-order valence-electron chi connectivity index (χ3n) is 3.32. The van der Waals surface area contributed by atoms with E-state index in [2.05, 4.69) is 49.9 Å². The van der Waals surface area contributed by atoms with Gasteiger partial charge in [0, 0.05) is 18.7 Å². The van der Waals surface area contributed by atoms with Crippen molar-refractivity contribution < 1.29 is 4.74 Å². The molecule has 1 aromatic rings. The van der Waals surface area contributed by atoms with Crippen LogP contribution in [-0.4, -0.2) is 35.2 Å². The van der Waals surface area contributed by atoms with Crippen LogP contribution in [0.2, 0.25) is 0 Å². The third kappa shape index (κ3) is 3.09. The van der Waals surface area contributed by atoms with Gasteiger partial charge in [-0.05, 0) is 25.8 Å². The van der Waals surface area contributed by atoms with Crippen molar-refractivity contribution in [3.63, 3.8) is 0 Å². The fourth-order valence-corrected chi connectivity index (χ4v) is 2.69. The zero-order chi connectivity index (χ0) is 13.1. The minimum Gasteiger partial charge on any atom is -0.372 e. The SMILES string of the molecule is CCc1ccc(C(=S)N2C[C@@H](C)O[C@H](C)C2)cc1. The molecule has 0 aliphatic carbocycles. The Labute approximate surface area is 115 Å². The van der Waals surface area contributed by atoms with Gasteiger partial charge in [-0.2, -0.15) is 0 Å². The van der Waals surface area contributed by atoms with Gasteiger partial charge in [-0.15, -0.1) is 0 Å². The van der Waals surface area contributed by atoms with E-state index < -0.39 is 0 Å². The number of aryl methyl sites for hydroxylation is 1. The maximum absolute atomic E-state index is 5.74. The first-order valence-corrected chi connectivity index (χ1v) is 7.04. The first-order valence-electron chi connectivity index (χ1n) is 6.63. The minimum absolute atomic E-state index is 0.251. The number of nitrogens with zero attached hydrogens (tertiary/aromatic N) is 1. The van der Waals surface area contributed by atoms with Crippen molar-refractivity contribution in [2.24, 2.45) is 0 Å². The van der Waals surface area contributed by atoms with E-state index in [1.54, 1.807) is 0 Å². The normalized spacial score (nSPS) is 24.1. The van der Waals surface area contributed by atoms with Crippen LogP contribution in [0, 0.1) is 0 Å². The van der Waals surface area contributed by atoms with Crippen LogP contribution in [-0.2, 0) is 11.2 Å².